The lowest BCUT2D eigenvalue weighted by Gasteiger charge is -1.94. The number of nitrogen functional groups attached to an aromatic ring is 1. The third-order valence-electron chi connectivity index (χ3n) is 1.21. The van der Waals surface area contributed by atoms with Crippen molar-refractivity contribution in [3.63, 3.8) is 0 Å². The maximum Gasteiger partial charge on any atom is 0.316 e. The highest BCUT2D eigenvalue weighted by atomic mass is 35.5. The first-order valence-electron chi connectivity index (χ1n) is 4.03. The number of rotatable bonds is 2. The van der Waals surface area contributed by atoms with E-state index in [2.05, 4.69) is 4.52 Å². The number of hydrogen-bond donors (Lipinski definition) is 2. The minimum absolute atomic E-state index is 0.314. The molecule has 0 fully saturated rings. The third-order valence-corrected chi connectivity index (χ3v) is 2.49. The van der Waals surface area contributed by atoms with Crippen molar-refractivity contribution in [3.05, 3.63) is 28.2 Å². The fourth-order valence-electron chi connectivity index (χ4n) is 0.636. The van der Waals surface area contributed by atoms with Crippen LogP contribution in [0.2, 0.25) is 10.0 Å². The average Bonchev–Trinajstić information content (AvgIpc) is 2.13. The first kappa shape index (κ1) is 14.8. The van der Waals surface area contributed by atoms with Gasteiger partial charge in [-0.1, -0.05) is 23.2 Å². The van der Waals surface area contributed by atoms with E-state index in [-0.39, 0.29) is 0 Å². The van der Waals surface area contributed by atoms with E-state index in [1.165, 1.54) is 0 Å². The molecule has 0 saturated heterocycles. The van der Waals surface area contributed by atoms with Crippen molar-refractivity contribution < 1.29 is 14.0 Å². The number of halogens is 2. The molecule has 4 nitrogen and oxygen atoms in total. The number of benzene rings is 1. The van der Waals surface area contributed by atoms with Gasteiger partial charge in [-0.05, 0) is 25.1 Å². The van der Waals surface area contributed by atoms with E-state index in [9.17, 15) is 4.57 Å². The predicted molar refractivity (Wildman–Crippen MR) is 63.7 cm³/mol. The average molecular weight is 272 g/mol. The van der Waals surface area contributed by atoms with Gasteiger partial charge in [-0.3, -0.25) is 4.57 Å². The molecule has 1 aromatic carbocycles. The van der Waals surface area contributed by atoms with Crippen molar-refractivity contribution in [1.82, 2.24) is 0 Å². The molecule has 3 N–H and O–H groups in total. The van der Waals surface area contributed by atoms with Crippen LogP contribution >= 0.6 is 31.5 Å². The van der Waals surface area contributed by atoms with E-state index in [0.29, 0.717) is 22.3 Å². The van der Waals surface area contributed by atoms with Crippen LogP contribution in [0.5, 0.6) is 0 Å². The summed E-state index contributed by atoms with van der Waals surface area (Å²) < 4.78 is 13.7. The summed E-state index contributed by atoms with van der Waals surface area (Å²) >= 11 is 11.2. The second-order valence-corrected chi connectivity index (χ2v) is 4.01. The Morgan fingerprint density at radius 2 is 2.07 bits per heavy atom. The van der Waals surface area contributed by atoms with Gasteiger partial charge in [-0.25, -0.2) is 0 Å². The SMILES string of the molecule is CCO[PH](=O)O.Nc1ccc(Cl)c(Cl)c1. The Morgan fingerprint density at radius 1 is 1.47 bits per heavy atom. The summed E-state index contributed by atoms with van der Waals surface area (Å²) in [6, 6.07) is 4.98. The van der Waals surface area contributed by atoms with Crippen LogP contribution in [-0.2, 0) is 9.09 Å². The van der Waals surface area contributed by atoms with Gasteiger partial charge >= 0.3 is 8.25 Å². The van der Waals surface area contributed by atoms with Gasteiger partial charge in [-0.2, -0.15) is 0 Å². The molecule has 0 aromatic heterocycles. The van der Waals surface area contributed by atoms with Crippen molar-refractivity contribution in [2.75, 3.05) is 12.3 Å². The van der Waals surface area contributed by atoms with Crippen LogP contribution in [-0.4, -0.2) is 11.5 Å². The van der Waals surface area contributed by atoms with Gasteiger partial charge in [0.15, 0.2) is 0 Å². The van der Waals surface area contributed by atoms with E-state index in [4.69, 9.17) is 33.8 Å². The van der Waals surface area contributed by atoms with E-state index in [0.717, 1.165) is 0 Å². The summed E-state index contributed by atoms with van der Waals surface area (Å²) in [6.07, 6.45) is 0. The summed E-state index contributed by atoms with van der Waals surface area (Å²) in [4.78, 5) is 7.88. The van der Waals surface area contributed by atoms with Gasteiger partial charge in [0.25, 0.3) is 0 Å². The van der Waals surface area contributed by atoms with E-state index < -0.39 is 8.25 Å². The van der Waals surface area contributed by atoms with Crippen LogP contribution in [0.3, 0.4) is 0 Å². The Kier molecular flexibility index (Phi) is 7.83. The minimum atomic E-state index is -2.64. The van der Waals surface area contributed by atoms with Crippen LogP contribution in [0.4, 0.5) is 5.69 Å². The van der Waals surface area contributed by atoms with Gasteiger partial charge < -0.3 is 15.2 Å². The summed E-state index contributed by atoms with van der Waals surface area (Å²) in [7, 11) is -2.64. The number of hydrogen-bond acceptors (Lipinski definition) is 3. The molecule has 0 saturated carbocycles. The van der Waals surface area contributed by atoms with E-state index >= 15 is 0 Å². The Bertz CT molecular complexity index is 336. The molecular formula is C8H12Cl2NO3P. The molecule has 7 heteroatoms. The highest BCUT2D eigenvalue weighted by molar-refractivity contribution is 7.32. The molecule has 1 aromatic rings. The van der Waals surface area contributed by atoms with Crippen LogP contribution in [0, 0.1) is 0 Å². The lowest BCUT2D eigenvalue weighted by Crippen LogP contribution is -1.82. The van der Waals surface area contributed by atoms with Crippen molar-refractivity contribution in [1.29, 1.82) is 0 Å². The summed E-state index contributed by atoms with van der Waals surface area (Å²) in [5, 5.41) is 1.03. The molecule has 0 amide bonds. The lowest BCUT2D eigenvalue weighted by molar-refractivity contribution is 0.297. The van der Waals surface area contributed by atoms with Crippen molar-refractivity contribution in [2.24, 2.45) is 0 Å². The summed E-state index contributed by atoms with van der Waals surface area (Å²) in [5.74, 6) is 0. The normalized spacial score (nSPS) is 11.5. The number of nitrogens with two attached hydrogens (primary N) is 1. The largest absolute Gasteiger partial charge is 0.399 e. The quantitative estimate of drug-likeness (QED) is 0.641. The van der Waals surface area contributed by atoms with Crippen molar-refractivity contribution >= 4 is 37.1 Å². The fourth-order valence-corrected chi connectivity index (χ4v) is 1.19. The molecule has 1 unspecified atom stereocenters. The molecule has 0 aliphatic rings. The van der Waals surface area contributed by atoms with Gasteiger partial charge in [0.05, 0.1) is 16.7 Å². The van der Waals surface area contributed by atoms with Crippen LogP contribution in [0.15, 0.2) is 18.2 Å². The second kappa shape index (κ2) is 7.97. The highest BCUT2D eigenvalue weighted by Crippen LogP contribution is 2.23. The van der Waals surface area contributed by atoms with Gasteiger partial charge in [-0.15, -0.1) is 0 Å². The molecule has 1 atom stereocenters. The Morgan fingerprint density at radius 3 is 2.33 bits per heavy atom. The van der Waals surface area contributed by atoms with Crippen LogP contribution in [0.25, 0.3) is 0 Å². The summed E-state index contributed by atoms with van der Waals surface area (Å²) in [6.45, 7) is 1.98. The van der Waals surface area contributed by atoms with Crippen molar-refractivity contribution in [3.8, 4) is 0 Å². The highest BCUT2D eigenvalue weighted by Gasteiger charge is 1.94. The first-order valence-corrected chi connectivity index (χ1v) is 6.05. The second-order valence-electron chi connectivity index (χ2n) is 2.37. The van der Waals surface area contributed by atoms with Crippen LogP contribution in [0.1, 0.15) is 6.92 Å². The van der Waals surface area contributed by atoms with Gasteiger partial charge in [0.1, 0.15) is 0 Å². The molecule has 86 valence electrons. The maximum atomic E-state index is 9.56. The first-order chi connectivity index (χ1) is 6.97. The van der Waals surface area contributed by atoms with Crippen molar-refractivity contribution in [2.45, 2.75) is 6.92 Å². The van der Waals surface area contributed by atoms with E-state index in [1.807, 2.05) is 0 Å². The molecule has 0 heterocycles. The third kappa shape index (κ3) is 7.65. The molecule has 0 spiro atoms. The molecule has 0 aliphatic carbocycles. The monoisotopic (exact) mass is 271 g/mol. The summed E-state index contributed by atoms with van der Waals surface area (Å²) in [5.41, 5.74) is 6.01. The van der Waals surface area contributed by atoms with Gasteiger partial charge in [0, 0.05) is 5.69 Å². The standard InChI is InChI=1S/C6H5Cl2N.C2H7O3P/c7-5-2-1-4(9)3-6(5)8;1-2-5-6(3)4/h1-3H,9H2;6H,2H2,1H3,(H,3,4). The fraction of sp³-hybridized carbons (Fsp3) is 0.250. The number of anilines is 1. The smallest absolute Gasteiger partial charge is 0.316 e. The topological polar surface area (TPSA) is 72.5 Å². The van der Waals surface area contributed by atoms with Gasteiger partial charge in [0.2, 0.25) is 0 Å². The zero-order valence-electron chi connectivity index (χ0n) is 8.04. The molecule has 1 rings (SSSR count). The zero-order chi connectivity index (χ0) is 11.8. The Hall–Kier alpha value is -0.250. The predicted octanol–water partition coefficient (Wildman–Crippen LogP) is 2.98. The minimum Gasteiger partial charge on any atom is -0.399 e. The molecular weight excluding hydrogens is 260 g/mol. The molecule has 15 heavy (non-hydrogen) atoms. The molecule has 0 aliphatic heterocycles. The molecule has 0 bridgehead atoms. The molecule has 0 radical (unpaired) electrons. The maximum absolute atomic E-state index is 9.56. The zero-order valence-corrected chi connectivity index (χ0v) is 10.5. The lowest BCUT2D eigenvalue weighted by atomic mass is 10.3. The Labute approximate surface area is 98.9 Å². The van der Waals surface area contributed by atoms with Crippen LogP contribution < -0.4 is 5.73 Å². The Balaban J connectivity index is 0.000000288. The van der Waals surface area contributed by atoms with E-state index in [1.54, 1.807) is 25.1 Å².